The minimum Gasteiger partial charge on any atom is -0.288 e. The van der Waals surface area contributed by atoms with E-state index in [1.54, 1.807) is 0 Å². The summed E-state index contributed by atoms with van der Waals surface area (Å²) >= 11 is 3.16. The van der Waals surface area contributed by atoms with Gasteiger partial charge in [0.05, 0.1) is 10.1 Å². The molecule has 0 bridgehead atoms. The number of amides is 2. The second kappa shape index (κ2) is 4.07. The van der Waals surface area contributed by atoms with Crippen molar-refractivity contribution in [2.75, 3.05) is 0 Å². The van der Waals surface area contributed by atoms with E-state index < -0.39 is 0 Å². The Bertz CT molecular complexity index is 719. The van der Waals surface area contributed by atoms with Crippen molar-refractivity contribution in [3.63, 3.8) is 0 Å². The summed E-state index contributed by atoms with van der Waals surface area (Å²) in [5.74, 6) is -0.745. The summed E-state index contributed by atoms with van der Waals surface area (Å²) in [5, 5.41) is 4.40. The van der Waals surface area contributed by atoms with E-state index in [1.165, 1.54) is 0 Å². The maximum Gasteiger partial charge on any atom is 0.265 e. The molecule has 3 rings (SSSR count). The van der Waals surface area contributed by atoms with Crippen LogP contribution in [-0.4, -0.2) is 11.8 Å². The molecule has 0 fully saturated rings. The summed E-state index contributed by atoms with van der Waals surface area (Å²) in [7, 11) is 0. The highest BCUT2D eigenvalue weighted by Gasteiger charge is 2.29. The molecule has 2 aromatic rings. The fourth-order valence-electron chi connectivity index (χ4n) is 2.04. The fraction of sp³-hybridized carbons (Fsp3) is 0. The number of carbonyl (C=O) groups is 2. The predicted molar refractivity (Wildman–Crippen MR) is 72.9 cm³/mol. The predicted octanol–water partition coefficient (Wildman–Crippen LogP) is 2.60. The molecule has 0 saturated carbocycles. The topological polar surface area (TPSA) is 46.2 Å². The number of halogens is 1. The molecule has 0 atom stereocenters. The van der Waals surface area contributed by atoms with Crippen LogP contribution < -0.4 is 5.32 Å². The van der Waals surface area contributed by atoms with Crippen molar-refractivity contribution in [1.29, 1.82) is 0 Å². The Hall–Kier alpha value is -1.94. The Morgan fingerprint density at radius 1 is 0.889 bits per heavy atom. The van der Waals surface area contributed by atoms with E-state index in [2.05, 4.69) is 21.2 Å². The van der Waals surface area contributed by atoms with Crippen LogP contribution in [0.15, 0.2) is 46.9 Å². The number of hydrogen-bond acceptors (Lipinski definition) is 2. The third-order valence-corrected chi connectivity index (χ3v) is 3.67. The molecule has 1 heterocycles. The smallest absolute Gasteiger partial charge is 0.265 e. The summed E-state index contributed by atoms with van der Waals surface area (Å²) in [4.78, 5) is 23.1. The molecule has 0 saturated heterocycles. The van der Waals surface area contributed by atoms with Crippen molar-refractivity contribution in [2.45, 2.75) is 0 Å². The first-order valence-corrected chi connectivity index (χ1v) is 6.21. The summed E-state index contributed by atoms with van der Waals surface area (Å²) in [6, 6.07) is 13.6. The standard InChI is InChI=1S/C14H8BrNO2/c15-12-11(13(17)16-14(12)18)10-6-5-8-3-1-2-4-9(8)7-10/h1-7H,(H,16,17,18). The number of imide groups is 1. The third kappa shape index (κ3) is 1.66. The summed E-state index contributed by atoms with van der Waals surface area (Å²) in [5.41, 5.74) is 1.13. The number of carbonyl (C=O) groups excluding carboxylic acids is 2. The minimum atomic E-state index is -0.386. The van der Waals surface area contributed by atoms with Gasteiger partial charge in [-0.3, -0.25) is 14.9 Å². The van der Waals surface area contributed by atoms with Gasteiger partial charge >= 0.3 is 0 Å². The van der Waals surface area contributed by atoms with E-state index >= 15 is 0 Å². The molecular weight excluding hydrogens is 294 g/mol. The molecular formula is C14H8BrNO2. The quantitative estimate of drug-likeness (QED) is 0.823. The molecule has 0 radical (unpaired) electrons. The maximum atomic E-state index is 11.7. The lowest BCUT2D eigenvalue weighted by Gasteiger charge is -2.03. The number of fused-ring (bicyclic) bond motifs is 1. The zero-order valence-corrected chi connectivity index (χ0v) is 10.8. The lowest BCUT2D eigenvalue weighted by atomic mass is 10.0. The van der Waals surface area contributed by atoms with E-state index in [0.29, 0.717) is 10.1 Å². The average Bonchev–Trinajstić information content (AvgIpc) is 2.63. The van der Waals surface area contributed by atoms with Gasteiger partial charge in [0.2, 0.25) is 0 Å². The monoisotopic (exact) mass is 301 g/mol. The van der Waals surface area contributed by atoms with Gasteiger partial charge in [0, 0.05) is 0 Å². The number of hydrogen-bond donors (Lipinski definition) is 1. The first kappa shape index (κ1) is 11.2. The second-order valence-electron chi connectivity index (χ2n) is 4.03. The summed E-state index contributed by atoms with van der Waals surface area (Å²) in [6.07, 6.45) is 0. The SMILES string of the molecule is O=C1NC(=O)C(c2ccc3ccccc3c2)=C1Br. The Balaban J connectivity index is 2.21. The molecule has 1 N–H and O–H groups in total. The third-order valence-electron chi connectivity index (χ3n) is 2.91. The zero-order chi connectivity index (χ0) is 12.7. The van der Waals surface area contributed by atoms with Crippen molar-refractivity contribution in [3.8, 4) is 0 Å². The van der Waals surface area contributed by atoms with Crippen LogP contribution in [0.25, 0.3) is 16.3 Å². The highest BCUT2D eigenvalue weighted by atomic mass is 79.9. The molecule has 1 aliphatic rings. The van der Waals surface area contributed by atoms with Crippen LogP contribution in [0.3, 0.4) is 0 Å². The van der Waals surface area contributed by atoms with E-state index in [-0.39, 0.29) is 11.8 Å². The fourth-order valence-corrected chi connectivity index (χ4v) is 2.54. The number of rotatable bonds is 1. The van der Waals surface area contributed by atoms with Gasteiger partial charge in [-0.1, -0.05) is 36.4 Å². The molecule has 3 nitrogen and oxygen atoms in total. The minimum absolute atomic E-state index is 0.294. The van der Waals surface area contributed by atoms with Crippen LogP contribution in [0.5, 0.6) is 0 Å². The van der Waals surface area contributed by atoms with Gasteiger partial charge in [0.25, 0.3) is 11.8 Å². The van der Waals surface area contributed by atoms with Gasteiger partial charge in [0.1, 0.15) is 0 Å². The number of benzene rings is 2. The van der Waals surface area contributed by atoms with Crippen molar-refractivity contribution < 1.29 is 9.59 Å². The van der Waals surface area contributed by atoms with Gasteiger partial charge in [-0.25, -0.2) is 0 Å². The van der Waals surface area contributed by atoms with Crippen LogP contribution in [0.2, 0.25) is 0 Å². The van der Waals surface area contributed by atoms with E-state index in [0.717, 1.165) is 16.3 Å². The second-order valence-corrected chi connectivity index (χ2v) is 4.83. The normalized spacial score (nSPS) is 15.4. The van der Waals surface area contributed by atoms with Crippen LogP contribution in [0.1, 0.15) is 5.56 Å². The molecule has 0 spiro atoms. The van der Waals surface area contributed by atoms with Crippen molar-refractivity contribution >= 4 is 44.1 Å². The number of nitrogens with one attached hydrogen (secondary N) is 1. The van der Waals surface area contributed by atoms with E-state index in [9.17, 15) is 9.59 Å². The largest absolute Gasteiger partial charge is 0.288 e. The Morgan fingerprint density at radius 3 is 2.28 bits per heavy atom. The van der Waals surface area contributed by atoms with Crippen LogP contribution in [0, 0.1) is 0 Å². The molecule has 1 aliphatic heterocycles. The molecule has 0 unspecified atom stereocenters. The Labute approximate surface area is 112 Å². The van der Waals surface area contributed by atoms with E-state index in [4.69, 9.17) is 0 Å². The summed E-state index contributed by atoms with van der Waals surface area (Å²) in [6.45, 7) is 0. The molecule has 2 amide bonds. The summed E-state index contributed by atoms with van der Waals surface area (Å²) < 4.78 is 0.294. The van der Waals surface area contributed by atoms with Crippen molar-refractivity contribution in [2.24, 2.45) is 0 Å². The molecule has 18 heavy (non-hydrogen) atoms. The Kier molecular flexibility index (Phi) is 2.52. The molecule has 0 aromatic heterocycles. The van der Waals surface area contributed by atoms with Gasteiger partial charge < -0.3 is 0 Å². The van der Waals surface area contributed by atoms with E-state index in [1.807, 2.05) is 42.5 Å². The van der Waals surface area contributed by atoms with Gasteiger partial charge in [-0.15, -0.1) is 0 Å². The van der Waals surface area contributed by atoms with Gasteiger partial charge in [-0.05, 0) is 38.3 Å². The van der Waals surface area contributed by atoms with Gasteiger partial charge in [-0.2, -0.15) is 0 Å². The van der Waals surface area contributed by atoms with Gasteiger partial charge in [0.15, 0.2) is 0 Å². The Morgan fingerprint density at radius 2 is 1.61 bits per heavy atom. The van der Waals surface area contributed by atoms with Crippen LogP contribution in [0.4, 0.5) is 0 Å². The lowest BCUT2D eigenvalue weighted by molar-refractivity contribution is -0.123. The first-order valence-electron chi connectivity index (χ1n) is 5.41. The highest BCUT2D eigenvalue weighted by Crippen LogP contribution is 2.29. The highest BCUT2D eigenvalue weighted by molar-refractivity contribution is 9.12. The molecule has 2 aromatic carbocycles. The van der Waals surface area contributed by atoms with Crippen molar-refractivity contribution in [3.05, 3.63) is 52.5 Å². The first-order chi connectivity index (χ1) is 8.66. The average molecular weight is 302 g/mol. The van der Waals surface area contributed by atoms with Crippen LogP contribution in [-0.2, 0) is 9.59 Å². The van der Waals surface area contributed by atoms with Crippen LogP contribution >= 0.6 is 15.9 Å². The molecule has 0 aliphatic carbocycles. The molecule has 4 heteroatoms. The molecule has 88 valence electrons. The van der Waals surface area contributed by atoms with Crippen molar-refractivity contribution in [1.82, 2.24) is 5.32 Å². The maximum absolute atomic E-state index is 11.7. The zero-order valence-electron chi connectivity index (χ0n) is 9.24. The lowest BCUT2D eigenvalue weighted by Crippen LogP contribution is -2.22.